The number of carbonyl (C=O) groups excluding carboxylic acids is 4. The van der Waals surface area contributed by atoms with Gasteiger partial charge in [-0.05, 0) is 72.5 Å². The van der Waals surface area contributed by atoms with Gasteiger partial charge in [0.2, 0.25) is 5.91 Å². The summed E-state index contributed by atoms with van der Waals surface area (Å²) in [5, 5.41) is 10.9. The minimum Gasteiger partial charge on any atom is -0.462 e. The number of halogens is 1. The summed E-state index contributed by atoms with van der Waals surface area (Å²) in [4.78, 5) is 50.2. The zero-order chi connectivity index (χ0) is 37.3. The molecular formula is C40H42FNO8Si. The summed E-state index contributed by atoms with van der Waals surface area (Å²) < 4.78 is 29.1. The van der Waals surface area contributed by atoms with Crippen molar-refractivity contribution in [3.05, 3.63) is 101 Å². The van der Waals surface area contributed by atoms with Gasteiger partial charge in [-0.1, -0.05) is 61.7 Å². The molecule has 9 nitrogen and oxygen atoms in total. The Kier molecular flexibility index (Phi) is 12.6. The second-order valence-electron chi connectivity index (χ2n) is 13.5. The Morgan fingerprint density at radius 2 is 1.39 bits per heavy atom. The third-order valence-corrected chi connectivity index (χ3v) is 8.83. The van der Waals surface area contributed by atoms with E-state index in [1.165, 1.54) is 32.9 Å². The lowest BCUT2D eigenvalue weighted by Crippen LogP contribution is -2.55. The molecule has 4 rings (SSSR count). The molecule has 0 spiro atoms. The lowest BCUT2D eigenvalue weighted by Gasteiger charge is -2.48. The van der Waals surface area contributed by atoms with E-state index >= 15 is 0 Å². The van der Waals surface area contributed by atoms with E-state index in [2.05, 4.69) is 42.9 Å². The number of nitrogens with zero attached hydrogens (tertiary/aromatic N) is 1. The second kappa shape index (κ2) is 16.6. The highest BCUT2D eigenvalue weighted by Gasteiger charge is 2.48. The minimum absolute atomic E-state index is 0.0912. The van der Waals surface area contributed by atoms with Crippen molar-refractivity contribution in [3.63, 3.8) is 0 Å². The lowest BCUT2D eigenvalue weighted by molar-refractivity contribution is -0.154. The first-order valence-corrected chi connectivity index (χ1v) is 20.0. The molecule has 3 aromatic rings. The number of esters is 3. The third kappa shape index (κ3) is 11.1. The summed E-state index contributed by atoms with van der Waals surface area (Å²) in [6.45, 7) is 9.22. The van der Waals surface area contributed by atoms with Crippen molar-refractivity contribution < 1.29 is 42.9 Å². The smallest absolute Gasteiger partial charge is 0.303 e. The van der Waals surface area contributed by atoms with Crippen molar-refractivity contribution >= 4 is 37.6 Å². The Morgan fingerprint density at radius 3 is 1.92 bits per heavy atom. The quantitative estimate of drug-likeness (QED) is 0.0840. The van der Waals surface area contributed by atoms with Crippen LogP contribution in [-0.2, 0) is 33.4 Å². The summed E-state index contributed by atoms with van der Waals surface area (Å²) in [7, 11) is -1.58. The van der Waals surface area contributed by atoms with Crippen molar-refractivity contribution in [2.45, 2.75) is 71.0 Å². The van der Waals surface area contributed by atoms with Crippen LogP contribution in [0.25, 0.3) is 0 Å². The monoisotopic (exact) mass is 711 g/mol. The van der Waals surface area contributed by atoms with Gasteiger partial charge in [0.1, 0.15) is 33.2 Å². The molecule has 51 heavy (non-hydrogen) atoms. The summed E-state index contributed by atoms with van der Waals surface area (Å²) in [5.41, 5.74) is 4.97. The molecule has 11 heteroatoms. The van der Waals surface area contributed by atoms with E-state index in [-0.39, 0.29) is 11.9 Å². The van der Waals surface area contributed by atoms with Gasteiger partial charge < -0.3 is 24.2 Å². The average Bonchev–Trinajstić information content (AvgIpc) is 3.07. The van der Waals surface area contributed by atoms with Crippen LogP contribution in [0.4, 0.5) is 10.1 Å². The summed E-state index contributed by atoms with van der Waals surface area (Å²) >= 11 is 0. The van der Waals surface area contributed by atoms with Crippen molar-refractivity contribution in [3.8, 4) is 23.3 Å². The number of aliphatic hydroxyl groups is 1. The molecule has 2 unspecified atom stereocenters. The number of hydrogen-bond donors (Lipinski definition) is 1. The van der Waals surface area contributed by atoms with E-state index in [1.54, 1.807) is 29.2 Å². The van der Waals surface area contributed by atoms with E-state index in [4.69, 9.17) is 14.2 Å². The second-order valence-corrected chi connectivity index (χ2v) is 18.2. The minimum atomic E-state index is -1.92. The predicted molar refractivity (Wildman–Crippen MR) is 192 cm³/mol. The molecule has 1 amide bonds. The van der Waals surface area contributed by atoms with Crippen LogP contribution in [0.15, 0.2) is 72.8 Å². The van der Waals surface area contributed by atoms with E-state index < -0.39 is 62.6 Å². The van der Waals surface area contributed by atoms with Crippen molar-refractivity contribution in [2.24, 2.45) is 5.92 Å². The van der Waals surface area contributed by atoms with Crippen molar-refractivity contribution in [1.82, 2.24) is 0 Å². The molecule has 0 bridgehead atoms. The number of ether oxygens (including phenoxy) is 3. The van der Waals surface area contributed by atoms with Crippen LogP contribution in [0.5, 0.6) is 0 Å². The standard InChI is InChI=1S/C40H42FNO8Si/c1-27(43)48-25-40(47,26-49-28(2)44)23-21-30-7-11-33(12-8-30)38-36(19-20-37(50-29(3)45)32-13-15-34(41)16-14-32)39(46)42(38)35-17-9-31(10-18-35)22-24-51(4,5)6/h7-18,36-38,47H,19-20,25-26H2,1-6H3/t36?,37-,38?/m0/s1. The number of rotatable bonds is 11. The molecule has 266 valence electrons. The van der Waals surface area contributed by atoms with Gasteiger partial charge >= 0.3 is 17.9 Å². The number of anilines is 1. The van der Waals surface area contributed by atoms with Crippen LogP contribution in [0.3, 0.4) is 0 Å². The van der Waals surface area contributed by atoms with E-state index in [1.807, 2.05) is 36.4 Å². The molecule has 3 atom stereocenters. The average molecular weight is 712 g/mol. The fraction of sp³-hybridized carbons (Fsp3) is 0.350. The van der Waals surface area contributed by atoms with Crippen molar-refractivity contribution in [1.29, 1.82) is 0 Å². The maximum absolute atomic E-state index is 13.8. The Morgan fingerprint density at radius 1 is 0.843 bits per heavy atom. The van der Waals surface area contributed by atoms with Gasteiger partial charge in [0.15, 0.2) is 5.60 Å². The van der Waals surface area contributed by atoms with Crippen LogP contribution in [0.2, 0.25) is 19.6 Å². The maximum atomic E-state index is 13.8. The van der Waals surface area contributed by atoms with E-state index in [9.17, 15) is 28.7 Å². The Bertz CT molecular complexity index is 1840. The summed E-state index contributed by atoms with van der Waals surface area (Å²) in [5.74, 6) is 6.07. The number of hydrogen-bond acceptors (Lipinski definition) is 8. The van der Waals surface area contributed by atoms with Gasteiger partial charge in [0, 0.05) is 37.6 Å². The molecular weight excluding hydrogens is 670 g/mol. The van der Waals surface area contributed by atoms with Gasteiger partial charge in [0.05, 0.1) is 12.0 Å². The van der Waals surface area contributed by atoms with Crippen molar-refractivity contribution in [2.75, 3.05) is 18.1 Å². The Hall–Kier alpha value is -5.23. The van der Waals surface area contributed by atoms with Gasteiger partial charge in [0.25, 0.3) is 0 Å². The SMILES string of the molecule is CC(=O)OCC(O)(C#Cc1ccc(C2C(CC[C@H](OC(C)=O)c3ccc(F)cc3)C(=O)N2c2ccc(C#C[Si](C)(C)C)cc2)cc1)COC(C)=O. The first-order chi connectivity index (χ1) is 24.0. The molecule has 0 aliphatic carbocycles. The first-order valence-electron chi connectivity index (χ1n) is 16.5. The lowest BCUT2D eigenvalue weighted by atomic mass is 9.78. The third-order valence-electron chi connectivity index (χ3n) is 7.95. The van der Waals surface area contributed by atoms with Gasteiger partial charge in [-0.15, -0.1) is 5.54 Å². The van der Waals surface area contributed by atoms with Gasteiger partial charge in [-0.25, -0.2) is 4.39 Å². The fourth-order valence-electron chi connectivity index (χ4n) is 5.47. The van der Waals surface area contributed by atoms with E-state index in [0.717, 1.165) is 11.1 Å². The largest absolute Gasteiger partial charge is 0.462 e. The zero-order valence-electron chi connectivity index (χ0n) is 29.6. The molecule has 0 radical (unpaired) electrons. The van der Waals surface area contributed by atoms with Crippen LogP contribution in [-0.4, -0.2) is 55.8 Å². The Balaban J connectivity index is 1.63. The molecule has 1 N–H and O–H groups in total. The highest BCUT2D eigenvalue weighted by molar-refractivity contribution is 6.83. The topological polar surface area (TPSA) is 119 Å². The molecule has 1 aliphatic rings. The summed E-state index contributed by atoms with van der Waals surface area (Å²) in [6.07, 6.45) is 0.0603. The first kappa shape index (κ1) is 38.6. The molecule has 1 fully saturated rings. The Labute approximate surface area is 299 Å². The van der Waals surface area contributed by atoms with Gasteiger partial charge in [-0.3, -0.25) is 19.2 Å². The number of β-lactam (4-membered cyclic amide) rings is 1. The van der Waals surface area contributed by atoms with Gasteiger partial charge in [-0.2, -0.15) is 0 Å². The molecule has 3 aromatic carbocycles. The molecule has 0 saturated carbocycles. The van der Waals surface area contributed by atoms with E-state index in [0.29, 0.717) is 29.7 Å². The summed E-state index contributed by atoms with van der Waals surface area (Å²) in [6, 6.07) is 20.1. The molecule has 1 aliphatic heterocycles. The molecule has 1 heterocycles. The molecule has 0 aromatic heterocycles. The van der Waals surface area contributed by atoms with Crippen LogP contribution in [0.1, 0.15) is 68.0 Å². The molecule has 1 saturated heterocycles. The normalized spacial score (nSPS) is 16.0. The van der Waals surface area contributed by atoms with Crippen LogP contribution in [0, 0.1) is 35.0 Å². The predicted octanol–water partition coefficient (Wildman–Crippen LogP) is 6.05. The fourth-order valence-corrected chi connectivity index (χ4v) is 5.99. The highest BCUT2D eigenvalue weighted by atomic mass is 28.3. The zero-order valence-corrected chi connectivity index (χ0v) is 30.6. The number of amides is 1. The number of benzene rings is 3. The highest BCUT2D eigenvalue weighted by Crippen LogP contribution is 2.46. The number of carbonyl (C=O) groups is 4. The van der Waals surface area contributed by atoms with Crippen LogP contribution < -0.4 is 4.90 Å². The van der Waals surface area contributed by atoms with Crippen LogP contribution >= 0.6 is 0 Å². The maximum Gasteiger partial charge on any atom is 0.303 e.